The van der Waals surface area contributed by atoms with Gasteiger partial charge in [-0.05, 0) is 97.4 Å². The van der Waals surface area contributed by atoms with Crippen LogP contribution in [0.1, 0.15) is 16.7 Å². The van der Waals surface area contributed by atoms with Gasteiger partial charge in [0.05, 0.1) is 23.8 Å². The largest absolute Gasteiger partial charge is 0.487 e. The Hall–Kier alpha value is -2.94. The molecule has 6 nitrogen and oxygen atoms in total. The zero-order valence-electron chi connectivity index (χ0n) is 18.2. The lowest BCUT2D eigenvalue weighted by molar-refractivity contribution is -0.384. The molecule has 0 unspecified atom stereocenters. The molecule has 11 heteroatoms. The zero-order chi connectivity index (χ0) is 25.9. The first kappa shape index (κ1) is 26.1. The number of nitro benzene ring substituents is 1. The number of ether oxygens (including phenoxy) is 1. The van der Waals surface area contributed by atoms with Crippen molar-refractivity contribution >= 4 is 73.5 Å². The molecule has 0 saturated heterocycles. The lowest BCUT2D eigenvalue weighted by Gasteiger charge is -2.12. The second kappa shape index (κ2) is 11.0. The van der Waals surface area contributed by atoms with Crippen LogP contribution in [-0.2, 0) is 12.8 Å². The highest BCUT2D eigenvalue weighted by atomic mass is 127. The number of hydrogen-bond acceptors (Lipinski definition) is 5. The lowest BCUT2D eigenvalue weighted by Crippen LogP contribution is -2.06. The van der Waals surface area contributed by atoms with Gasteiger partial charge in [-0.3, -0.25) is 15.5 Å². The summed E-state index contributed by atoms with van der Waals surface area (Å²) >= 11 is 4.30. The van der Waals surface area contributed by atoms with Crippen LogP contribution in [0.3, 0.4) is 0 Å². The van der Waals surface area contributed by atoms with Gasteiger partial charge in [0.1, 0.15) is 18.0 Å². The SMILES string of the molecule is O=[N+]([O-])c1cc(C(F)(F)F)ccc1N/N=C\c1cc(I)c(OCc2ccc3ccccc3c2)c(I)c1. The number of benzene rings is 4. The van der Waals surface area contributed by atoms with Crippen LogP contribution >= 0.6 is 45.2 Å². The van der Waals surface area contributed by atoms with Gasteiger partial charge in [-0.15, -0.1) is 0 Å². The van der Waals surface area contributed by atoms with E-state index in [4.69, 9.17) is 4.74 Å². The van der Waals surface area contributed by atoms with Crippen molar-refractivity contribution in [2.24, 2.45) is 5.10 Å². The molecule has 0 radical (unpaired) electrons. The van der Waals surface area contributed by atoms with Crippen LogP contribution in [0.15, 0.2) is 77.9 Å². The first-order valence-electron chi connectivity index (χ1n) is 10.4. The van der Waals surface area contributed by atoms with E-state index < -0.39 is 22.4 Å². The highest BCUT2D eigenvalue weighted by Crippen LogP contribution is 2.35. The maximum atomic E-state index is 12.9. The number of hydrazone groups is 1. The lowest BCUT2D eigenvalue weighted by atomic mass is 10.1. The number of anilines is 1. The summed E-state index contributed by atoms with van der Waals surface area (Å²) in [6, 6.07) is 20.1. The minimum Gasteiger partial charge on any atom is -0.487 e. The van der Waals surface area contributed by atoms with Gasteiger partial charge in [0.25, 0.3) is 5.69 Å². The Morgan fingerprint density at radius 1 is 0.972 bits per heavy atom. The monoisotopic (exact) mass is 717 g/mol. The molecule has 0 aliphatic carbocycles. The van der Waals surface area contributed by atoms with Crippen LogP contribution in [0.25, 0.3) is 10.8 Å². The van der Waals surface area contributed by atoms with Crippen molar-refractivity contribution in [1.29, 1.82) is 0 Å². The number of nitro groups is 1. The number of rotatable bonds is 7. The minimum absolute atomic E-state index is 0.149. The Labute approximate surface area is 231 Å². The van der Waals surface area contributed by atoms with Crippen molar-refractivity contribution < 1.29 is 22.8 Å². The molecular weight excluding hydrogens is 701 g/mol. The summed E-state index contributed by atoms with van der Waals surface area (Å²) in [5.41, 5.74) is 2.21. The molecule has 0 amide bonds. The smallest absolute Gasteiger partial charge is 0.416 e. The average molecular weight is 717 g/mol. The summed E-state index contributed by atoms with van der Waals surface area (Å²) in [5.74, 6) is 0.716. The van der Waals surface area contributed by atoms with E-state index in [-0.39, 0.29) is 5.69 Å². The normalized spacial score (nSPS) is 11.7. The molecule has 0 atom stereocenters. The van der Waals surface area contributed by atoms with Gasteiger partial charge in [0.15, 0.2) is 0 Å². The predicted octanol–water partition coefficient (Wildman–Crippen LogP) is 8.00. The minimum atomic E-state index is -4.68. The molecule has 184 valence electrons. The molecule has 0 saturated carbocycles. The van der Waals surface area contributed by atoms with E-state index in [0.29, 0.717) is 24.0 Å². The first-order valence-corrected chi connectivity index (χ1v) is 12.5. The molecule has 0 spiro atoms. The molecule has 4 aromatic carbocycles. The number of nitrogens with zero attached hydrogens (tertiary/aromatic N) is 2. The maximum Gasteiger partial charge on any atom is 0.416 e. The van der Waals surface area contributed by atoms with Gasteiger partial charge in [-0.25, -0.2) is 0 Å². The Kier molecular flexibility index (Phi) is 7.97. The first-order chi connectivity index (χ1) is 17.1. The van der Waals surface area contributed by atoms with Crippen LogP contribution < -0.4 is 10.2 Å². The molecule has 4 rings (SSSR count). The fraction of sp³-hybridized carbons (Fsp3) is 0.0800. The molecule has 0 aromatic heterocycles. The van der Waals surface area contributed by atoms with E-state index in [2.05, 4.69) is 73.9 Å². The van der Waals surface area contributed by atoms with Crippen molar-refractivity contribution in [3.8, 4) is 5.75 Å². The van der Waals surface area contributed by atoms with Gasteiger partial charge >= 0.3 is 6.18 Å². The Morgan fingerprint density at radius 2 is 1.67 bits per heavy atom. The third-order valence-corrected chi connectivity index (χ3v) is 6.74. The molecular formula is C25H16F3I2N3O3. The Balaban J connectivity index is 1.46. The summed E-state index contributed by atoms with van der Waals surface area (Å²) in [6.45, 7) is 0.392. The van der Waals surface area contributed by atoms with Crippen molar-refractivity contribution in [3.63, 3.8) is 0 Å². The number of hydrogen-bond donors (Lipinski definition) is 1. The second-order valence-electron chi connectivity index (χ2n) is 7.64. The predicted molar refractivity (Wildman–Crippen MR) is 149 cm³/mol. The van der Waals surface area contributed by atoms with Crippen molar-refractivity contribution in [2.75, 3.05) is 5.43 Å². The summed E-state index contributed by atoms with van der Waals surface area (Å²) in [5, 5.41) is 17.5. The fourth-order valence-electron chi connectivity index (χ4n) is 3.41. The van der Waals surface area contributed by atoms with Crippen LogP contribution in [0.4, 0.5) is 24.5 Å². The van der Waals surface area contributed by atoms with Crippen LogP contribution in [0.5, 0.6) is 5.75 Å². The molecule has 36 heavy (non-hydrogen) atoms. The van der Waals surface area contributed by atoms with Crippen LogP contribution in [0, 0.1) is 17.3 Å². The number of alkyl halides is 3. The van der Waals surface area contributed by atoms with Crippen LogP contribution in [-0.4, -0.2) is 11.1 Å². The fourth-order valence-corrected chi connectivity index (χ4v) is 5.53. The molecule has 0 heterocycles. The molecule has 4 aromatic rings. The summed E-state index contributed by atoms with van der Waals surface area (Å²) in [7, 11) is 0. The summed E-state index contributed by atoms with van der Waals surface area (Å²) in [6.07, 6.45) is -3.25. The van der Waals surface area contributed by atoms with Gasteiger partial charge in [-0.2, -0.15) is 18.3 Å². The van der Waals surface area contributed by atoms with Gasteiger partial charge in [0, 0.05) is 6.07 Å². The molecule has 1 N–H and O–H groups in total. The van der Waals surface area contributed by atoms with Crippen molar-refractivity contribution in [2.45, 2.75) is 12.8 Å². The third-order valence-electron chi connectivity index (χ3n) is 5.14. The van der Waals surface area contributed by atoms with E-state index in [1.54, 1.807) is 0 Å². The summed E-state index contributed by atoms with van der Waals surface area (Å²) in [4.78, 5) is 10.3. The van der Waals surface area contributed by atoms with E-state index >= 15 is 0 Å². The Bertz CT molecular complexity index is 1450. The molecule has 0 aliphatic heterocycles. The average Bonchev–Trinajstić information content (AvgIpc) is 2.83. The number of nitrogens with one attached hydrogen (secondary N) is 1. The molecule has 0 bridgehead atoms. The van der Waals surface area contributed by atoms with Crippen molar-refractivity contribution in [1.82, 2.24) is 0 Å². The summed E-state index contributed by atoms with van der Waals surface area (Å²) < 4.78 is 46.4. The standard InChI is InChI=1S/C25H16F3I2N3O3/c26-25(27,28)19-7-8-22(23(12-19)33(34)35)32-31-13-16-10-20(29)24(21(30)11-16)36-14-15-5-6-17-3-1-2-4-18(17)9-15/h1-13,32H,14H2/b31-13-. The maximum absolute atomic E-state index is 12.9. The highest BCUT2D eigenvalue weighted by Gasteiger charge is 2.33. The topological polar surface area (TPSA) is 76.8 Å². The molecule has 0 aliphatic rings. The van der Waals surface area contributed by atoms with Crippen molar-refractivity contribution in [3.05, 3.63) is 107 Å². The van der Waals surface area contributed by atoms with Gasteiger partial charge in [0.2, 0.25) is 0 Å². The molecule has 0 fully saturated rings. The quantitative estimate of drug-likeness (QED) is 0.0911. The Morgan fingerprint density at radius 3 is 2.33 bits per heavy atom. The van der Waals surface area contributed by atoms with E-state index in [0.717, 1.165) is 35.6 Å². The van der Waals surface area contributed by atoms with Crippen LogP contribution in [0.2, 0.25) is 0 Å². The van der Waals surface area contributed by atoms with E-state index in [1.165, 1.54) is 6.21 Å². The zero-order valence-corrected chi connectivity index (χ0v) is 22.5. The van der Waals surface area contributed by atoms with E-state index in [9.17, 15) is 23.3 Å². The number of halogens is 5. The van der Waals surface area contributed by atoms with Gasteiger partial charge in [-0.1, -0.05) is 36.4 Å². The van der Waals surface area contributed by atoms with E-state index in [1.807, 2.05) is 36.4 Å². The van der Waals surface area contributed by atoms with Gasteiger partial charge < -0.3 is 4.74 Å². The third kappa shape index (κ3) is 6.24. The second-order valence-corrected chi connectivity index (χ2v) is 9.97. The highest BCUT2D eigenvalue weighted by molar-refractivity contribution is 14.1. The number of fused-ring (bicyclic) bond motifs is 1.